The van der Waals surface area contributed by atoms with E-state index in [-0.39, 0.29) is 0 Å². The highest BCUT2D eigenvalue weighted by atomic mass is 32.4. The molecule has 0 amide bonds. The van der Waals surface area contributed by atoms with Gasteiger partial charge in [0.15, 0.2) is 0 Å². The smallest absolute Gasteiger partial charge is 0.104 e. The van der Waals surface area contributed by atoms with E-state index in [1.165, 1.54) is 128 Å². The molecule has 4 aliphatic rings. The Bertz CT molecular complexity index is 598. The van der Waals surface area contributed by atoms with E-state index in [9.17, 15) is 0 Å². The van der Waals surface area contributed by atoms with Crippen LogP contribution in [0.1, 0.15) is 184 Å². The summed E-state index contributed by atoms with van der Waals surface area (Å²) in [5.74, 6) is 3.06. The lowest BCUT2D eigenvalue weighted by atomic mass is 10.0. The monoisotopic (exact) mass is 692 g/mol. The van der Waals surface area contributed by atoms with Crippen LogP contribution in [-0.2, 0) is 0 Å². The van der Waals surface area contributed by atoms with Crippen LogP contribution in [0, 0.1) is 23.7 Å². The molecular formula is C36H68S6. The highest BCUT2D eigenvalue weighted by Gasteiger charge is 2.75. The molecule has 4 fully saturated rings. The van der Waals surface area contributed by atoms with Crippen LogP contribution in [0.4, 0.5) is 0 Å². The van der Waals surface area contributed by atoms with E-state index >= 15 is 0 Å². The normalized spacial score (nSPS) is 33.1. The van der Waals surface area contributed by atoms with Crippen molar-refractivity contribution in [1.29, 1.82) is 0 Å². The first-order chi connectivity index (χ1) is 20.2. The third kappa shape index (κ3) is 9.59. The fourth-order valence-corrected chi connectivity index (χ4v) is 28.3. The van der Waals surface area contributed by atoms with E-state index in [2.05, 4.69) is 126 Å². The molecule has 0 nitrogen and oxygen atoms in total. The van der Waals surface area contributed by atoms with Gasteiger partial charge in [-0.1, -0.05) is 158 Å². The third-order valence-electron chi connectivity index (χ3n) is 10.1. The summed E-state index contributed by atoms with van der Waals surface area (Å²) in [7, 11) is 0. The second-order valence-corrected chi connectivity index (χ2v) is 26.1. The molecule has 0 aliphatic carbocycles. The molecule has 4 heterocycles. The molecule has 6 heteroatoms. The fourth-order valence-electron chi connectivity index (χ4n) is 6.86. The van der Waals surface area contributed by atoms with Gasteiger partial charge in [0, 0.05) is 0 Å². The molecule has 0 aromatic carbocycles. The lowest BCUT2D eigenvalue weighted by Crippen LogP contribution is -2.60. The minimum atomic E-state index is 0.307. The highest BCUT2D eigenvalue weighted by molar-refractivity contribution is 8.64. The number of hydrogen-bond donors (Lipinski definition) is 0. The predicted octanol–water partition coefficient (Wildman–Crippen LogP) is 15.5. The fraction of sp³-hybridized carbons (Fsp3) is 1.00. The number of thioether (sulfide) groups is 6. The molecule has 0 aromatic heterocycles. The molecule has 4 atom stereocenters. The number of unbranched alkanes of at least 4 members (excludes halogenated alkanes) is 12. The maximum absolute atomic E-state index is 2.67. The Hall–Kier alpha value is 2.10. The van der Waals surface area contributed by atoms with Crippen molar-refractivity contribution in [3.05, 3.63) is 0 Å². The molecule has 4 saturated heterocycles. The zero-order valence-corrected chi connectivity index (χ0v) is 33.8. The lowest BCUT2D eigenvalue weighted by molar-refractivity contribution is 0.460. The maximum atomic E-state index is 2.67. The van der Waals surface area contributed by atoms with Gasteiger partial charge in [-0.2, -0.15) is 0 Å². The van der Waals surface area contributed by atoms with E-state index in [1.807, 2.05) is 0 Å². The van der Waals surface area contributed by atoms with Crippen LogP contribution in [0.2, 0.25) is 0 Å². The van der Waals surface area contributed by atoms with Gasteiger partial charge in [0.05, 0.1) is 0 Å². The minimum absolute atomic E-state index is 0.307. The standard InChI is InChI=1S/C36H68S6/c1-9-13-17-21-25-29(5)33-37-34(30(6)26-22-18-14-10-2)40-35(38-33,31(7)27-23-19-15-11-3)42-36(39-33,41-34)32(8)28-24-20-16-12-4/h29-32H,9-28H2,1-8H3. The average molecular weight is 693 g/mol. The summed E-state index contributed by atoms with van der Waals surface area (Å²) in [6, 6.07) is 0. The van der Waals surface area contributed by atoms with Crippen LogP contribution in [-0.4, -0.2) is 13.6 Å². The van der Waals surface area contributed by atoms with Gasteiger partial charge in [0.25, 0.3) is 0 Å². The van der Waals surface area contributed by atoms with Gasteiger partial charge in [0.2, 0.25) is 0 Å². The molecule has 4 aliphatic heterocycles. The van der Waals surface area contributed by atoms with Crippen molar-refractivity contribution in [2.24, 2.45) is 23.7 Å². The summed E-state index contributed by atoms with van der Waals surface area (Å²) in [5, 5.41) is 0. The second kappa shape index (κ2) is 18.6. The van der Waals surface area contributed by atoms with Gasteiger partial charge in [-0.05, 0) is 49.4 Å². The van der Waals surface area contributed by atoms with Crippen molar-refractivity contribution < 1.29 is 0 Å². The quantitative estimate of drug-likeness (QED) is 0.0917. The number of rotatable bonds is 24. The molecule has 0 radical (unpaired) electrons. The maximum Gasteiger partial charge on any atom is 0.115 e. The summed E-state index contributed by atoms with van der Waals surface area (Å²) in [6.07, 6.45) is 28.0. The molecule has 4 unspecified atom stereocenters. The van der Waals surface area contributed by atoms with Crippen molar-refractivity contribution in [2.45, 2.75) is 197 Å². The molecule has 0 saturated carbocycles. The Labute approximate surface area is 289 Å². The van der Waals surface area contributed by atoms with Gasteiger partial charge < -0.3 is 0 Å². The second-order valence-electron chi connectivity index (χ2n) is 14.0. The zero-order valence-electron chi connectivity index (χ0n) is 28.9. The van der Waals surface area contributed by atoms with Crippen LogP contribution >= 0.6 is 70.6 Å². The molecule has 4 rings (SSSR count). The van der Waals surface area contributed by atoms with E-state index in [1.54, 1.807) is 0 Å². The predicted molar refractivity (Wildman–Crippen MR) is 208 cm³/mol. The Kier molecular flexibility index (Phi) is 17.1. The van der Waals surface area contributed by atoms with Crippen molar-refractivity contribution in [2.75, 3.05) is 0 Å². The first-order valence-electron chi connectivity index (χ1n) is 18.4. The van der Waals surface area contributed by atoms with Gasteiger partial charge in [0.1, 0.15) is 13.6 Å². The van der Waals surface area contributed by atoms with Crippen molar-refractivity contribution in [3.63, 3.8) is 0 Å². The van der Waals surface area contributed by atoms with Crippen LogP contribution in [0.5, 0.6) is 0 Å². The topological polar surface area (TPSA) is 0 Å². The SMILES string of the molecule is CCCCCCC(C)C12SC3(C(C)CCCCCC)SC(C(C)CCCCCC)(S1)SC(C(C)CCCCCC)(S2)S3. The van der Waals surface area contributed by atoms with E-state index in [4.69, 9.17) is 0 Å². The van der Waals surface area contributed by atoms with Crippen molar-refractivity contribution >= 4 is 70.6 Å². The van der Waals surface area contributed by atoms with Crippen LogP contribution in [0.25, 0.3) is 0 Å². The Morgan fingerprint density at radius 3 is 0.667 bits per heavy atom. The van der Waals surface area contributed by atoms with Crippen molar-refractivity contribution in [3.8, 4) is 0 Å². The van der Waals surface area contributed by atoms with Crippen LogP contribution < -0.4 is 0 Å². The molecule has 0 spiro atoms. The largest absolute Gasteiger partial charge is 0.115 e. The summed E-state index contributed by atoms with van der Waals surface area (Å²) in [6.45, 7) is 20.1. The zero-order chi connectivity index (χ0) is 30.7. The van der Waals surface area contributed by atoms with E-state index in [0.29, 0.717) is 13.6 Å². The van der Waals surface area contributed by atoms with Crippen molar-refractivity contribution in [1.82, 2.24) is 0 Å². The Morgan fingerprint density at radius 2 is 0.500 bits per heavy atom. The summed E-state index contributed by atoms with van der Waals surface area (Å²) < 4.78 is 1.23. The highest BCUT2D eigenvalue weighted by Crippen LogP contribution is 2.93. The molecule has 4 bridgehead atoms. The first-order valence-corrected chi connectivity index (χ1v) is 23.3. The Balaban J connectivity index is 1.97. The summed E-state index contributed by atoms with van der Waals surface area (Å²) in [5.41, 5.74) is 0. The molecule has 0 N–H and O–H groups in total. The van der Waals surface area contributed by atoms with Crippen LogP contribution in [0.15, 0.2) is 0 Å². The van der Waals surface area contributed by atoms with Gasteiger partial charge in [-0.15, -0.1) is 70.6 Å². The summed E-state index contributed by atoms with van der Waals surface area (Å²) in [4.78, 5) is 0. The average Bonchev–Trinajstić information content (AvgIpc) is 2.96. The van der Waals surface area contributed by atoms with Gasteiger partial charge in [-0.3, -0.25) is 0 Å². The van der Waals surface area contributed by atoms with E-state index in [0.717, 1.165) is 23.7 Å². The molecular weight excluding hydrogens is 625 g/mol. The molecule has 0 aromatic rings. The number of hydrogen-bond acceptors (Lipinski definition) is 6. The Morgan fingerprint density at radius 1 is 0.310 bits per heavy atom. The van der Waals surface area contributed by atoms with Gasteiger partial charge >= 0.3 is 0 Å². The van der Waals surface area contributed by atoms with Crippen LogP contribution in [0.3, 0.4) is 0 Å². The molecule has 42 heavy (non-hydrogen) atoms. The molecule has 248 valence electrons. The lowest BCUT2D eigenvalue weighted by Gasteiger charge is -2.71. The first kappa shape index (κ1) is 38.5. The van der Waals surface area contributed by atoms with E-state index < -0.39 is 0 Å². The summed E-state index contributed by atoms with van der Waals surface area (Å²) >= 11 is 14.9. The minimum Gasteiger partial charge on any atom is -0.104 e. The van der Waals surface area contributed by atoms with Gasteiger partial charge in [-0.25, -0.2) is 0 Å². The third-order valence-corrected chi connectivity index (χ3v) is 24.3.